The van der Waals surface area contributed by atoms with Gasteiger partial charge in [-0.25, -0.2) is 12.7 Å². The Labute approximate surface area is 152 Å². The third-order valence-corrected chi connectivity index (χ3v) is 5.74. The number of carbonyl (C=O) groups is 1. The van der Waals surface area contributed by atoms with Crippen molar-refractivity contribution >= 4 is 15.9 Å². The standard InChI is InChI=1S/C18H21N3O4S/c1-26(24,25)21-11-5-10-20(12-13-21)18(23)15-8-9-16(19-17(15)22)14-6-3-2-4-7-14/h2-4,6-9H,5,10-13H2,1H3,(H,19,22). The predicted molar refractivity (Wildman–Crippen MR) is 99.4 cm³/mol. The van der Waals surface area contributed by atoms with Gasteiger partial charge in [0.15, 0.2) is 0 Å². The third kappa shape index (κ3) is 4.03. The molecule has 1 N–H and O–H groups in total. The van der Waals surface area contributed by atoms with E-state index in [1.807, 2.05) is 30.3 Å². The molecule has 0 unspecified atom stereocenters. The van der Waals surface area contributed by atoms with Crippen LogP contribution in [-0.4, -0.2) is 60.9 Å². The Morgan fingerprint density at radius 2 is 1.73 bits per heavy atom. The Balaban J connectivity index is 1.79. The molecule has 8 heteroatoms. The number of aromatic nitrogens is 1. The Hall–Kier alpha value is -2.45. The van der Waals surface area contributed by atoms with Crippen LogP contribution in [0, 0.1) is 0 Å². The highest BCUT2D eigenvalue weighted by Crippen LogP contribution is 2.15. The van der Waals surface area contributed by atoms with Gasteiger partial charge < -0.3 is 9.88 Å². The lowest BCUT2D eigenvalue weighted by molar-refractivity contribution is 0.0762. The first-order valence-corrected chi connectivity index (χ1v) is 10.2. The molecule has 0 bridgehead atoms. The number of hydrogen-bond acceptors (Lipinski definition) is 4. The van der Waals surface area contributed by atoms with Gasteiger partial charge in [-0.15, -0.1) is 0 Å². The van der Waals surface area contributed by atoms with Crippen molar-refractivity contribution in [2.75, 3.05) is 32.4 Å². The van der Waals surface area contributed by atoms with Crippen LogP contribution in [0.5, 0.6) is 0 Å². The van der Waals surface area contributed by atoms with E-state index in [2.05, 4.69) is 4.98 Å². The number of sulfonamides is 1. The molecule has 1 aliphatic rings. The first-order chi connectivity index (χ1) is 12.4. The fourth-order valence-electron chi connectivity index (χ4n) is 3.03. The first-order valence-electron chi connectivity index (χ1n) is 8.39. The second-order valence-electron chi connectivity index (χ2n) is 6.29. The number of hydrogen-bond donors (Lipinski definition) is 1. The van der Waals surface area contributed by atoms with Crippen molar-refractivity contribution in [1.29, 1.82) is 0 Å². The quantitative estimate of drug-likeness (QED) is 0.871. The van der Waals surface area contributed by atoms with Crippen LogP contribution in [-0.2, 0) is 10.0 Å². The average Bonchev–Trinajstić information content (AvgIpc) is 2.88. The predicted octanol–water partition coefficient (Wildman–Crippen LogP) is 1.15. The molecule has 0 aliphatic carbocycles. The summed E-state index contributed by atoms with van der Waals surface area (Å²) in [4.78, 5) is 29.4. The number of nitrogens with zero attached hydrogens (tertiary/aromatic N) is 2. The zero-order valence-electron chi connectivity index (χ0n) is 14.5. The lowest BCUT2D eigenvalue weighted by atomic mass is 10.1. The van der Waals surface area contributed by atoms with E-state index in [-0.39, 0.29) is 24.6 Å². The summed E-state index contributed by atoms with van der Waals surface area (Å²) in [6.07, 6.45) is 1.70. The molecule has 1 fully saturated rings. The van der Waals surface area contributed by atoms with Gasteiger partial charge in [0.05, 0.1) is 6.26 Å². The van der Waals surface area contributed by atoms with Gasteiger partial charge in [-0.05, 0) is 24.1 Å². The summed E-state index contributed by atoms with van der Waals surface area (Å²) in [5.41, 5.74) is 1.13. The Morgan fingerprint density at radius 3 is 2.38 bits per heavy atom. The molecule has 1 aromatic heterocycles. The van der Waals surface area contributed by atoms with Crippen LogP contribution < -0.4 is 5.56 Å². The minimum Gasteiger partial charge on any atom is -0.337 e. The maximum absolute atomic E-state index is 12.7. The van der Waals surface area contributed by atoms with E-state index < -0.39 is 15.6 Å². The molecule has 3 rings (SSSR count). The molecule has 0 spiro atoms. The summed E-state index contributed by atoms with van der Waals surface area (Å²) < 4.78 is 24.7. The van der Waals surface area contributed by atoms with Gasteiger partial charge in [0.1, 0.15) is 5.56 Å². The fourth-order valence-corrected chi connectivity index (χ4v) is 3.90. The first kappa shape index (κ1) is 18.3. The van der Waals surface area contributed by atoms with E-state index in [4.69, 9.17) is 0 Å². The SMILES string of the molecule is CS(=O)(=O)N1CCCN(C(=O)c2ccc(-c3ccccc3)[nH]c2=O)CC1. The Kier molecular flexibility index (Phi) is 5.24. The molecule has 0 saturated carbocycles. The number of carbonyl (C=O) groups excluding carboxylic acids is 1. The monoisotopic (exact) mass is 375 g/mol. The highest BCUT2D eigenvalue weighted by molar-refractivity contribution is 7.88. The van der Waals surface area contributed by atoms with Crippen molar-refractivity contribution in [3.8, 4) is 11.3 Å². The molecule has 26 heavy (non-hydrogen) atoms. The third-order valence-electron chi connectivity index (χ3n) is 4.44. The summed E-state index contributed by atoms with van der Waals surface area (Å²) in [6.45, 7) is 1.31. The summed E-state index contributed by atoms with van der Waals surface area (Å²) in [7, 11) is -3.28. The number of pyridine rings is 1. The summed E-state index contributed by atoms with van der Waals surface area (Å²) in [6, 6.07) is 12.6. The van der Waals surface area contributed by atoms with Crippen molar-refractivity contribution in [1.82, 2.24) is 14.2 Å². The number of rotatable bonds is 3. The van der Waals surface area contributed by atoms with Gasteiger partial charge in [0.25, 0.3) is 11.5 Å². The van der Waals surface area contributed by atoms with Crippen molar-refractivity contribution in [2.45, 2.75) is 6.42 Å². The van der Waals surface area contributed by atoms with Gasteiger partial charge in [-0.1, -0.05) is 30.3 Å². The highest BCUT2D eigenvalue weighted by Gasteiger charge is 2.25. The second kappa shape index (κ2) is 7.43. The number of amides is 1. The molecule has 138 valence electrons. The second-order valence-corrected chi connectivity index (χ2v) is 8.27. The summed E-state index contributed by atoms with van der Waals surface area (Å²) >= 11 is 0. The van der Waals surface area contributed by atoms with Crippen LogP contribution in [0.3, 0.4) is 0 Å². The fraction of sp³-hybridized carbons (Fsp3) is 0.333. The molecule has 2 heterocycles. The number of nitrogens with one attached hydrogen (secondary N) is 1. The zero-order chi connectivity index (χ0) is 18.7. The smallest absolute Gasteiger partial charge is 0.261 e. The van der Waals surface area contributed by atoms with E-state index in [0.717, 1.165) is 11.8 Å². The van der Waals surface area contributed by atoms with Gasteiger partial charge >= 0.3 is 0 Å². The minimum absolute atomic E-state index is 0.0671. The van der Waals surface area contributed by atoms with Crippen LogP contribution in [0.1, 0.15) is 16.8 Å². The Bertz CT molecular complexity index is 954. The molecule has 1 amide bonds. The largest absolute Gasteiger partial charge is 0.337 e. The highest BCUT2D eigenvalue weighted by atomic mass is 32.2. The number of benzene rings is 1. The maximum atomic E-state index is 12.7. The van der Waals surface area contributed by atoms with E-state index in [1.54, 1.807) is 6.07 Å². The van der Waals surface area contributed by atoms with E-state index in [0.29, 0.717) is 25.2 Å². The van der Waals surface area contributed by atoms with Crippen LogP contribution in [0.25, 0.3) is 11.3 Å². The topological polar surface area (TPSA) is 90.6 Å². The molecular formula is C18H21N3O4S. The van der Waals surface area contributed by atoms with Crippen LogP contribution >= 0.6 is 0 Å². The molecule has 0 atom stereocenters. The lowest BCUT2D eigenvalue weighted by Crippen LogP contribution is -2.38. The number of aromatic amines is 1. The van der Waals surface area contributed by atoms with Gasteiger partial charge in [0, 0.05) is 31.9 Å². The molecular weight excluding hydrogens is 354 g/mol. The number of H-pyrrole nitrogens is 1. The minimum atomic E-state index is -3.28. The van der Waals surface area contributed by atoms with Crippen LogP contribution in [0.2, 0.25) is 0 Å². The summed E-state index contributed by atoms with van der Waals surface area (Å²) in [5, 5.41) is 0. The average molecular weight is 375 g/mol. The van der Waals surface area contributed by atoms with Crippen molar-refractivity contribution in [2.24, 2.45) is 0 Å². The van der Waals surface area contributed by atoms with Crippen molar-refractivity contribution < 1.29 is 13.2 Å². The van der Waals surface area contributed by atoms with Crippen molar-refractivity contribution in [3.63, 3.8) is 0 Å². The molecule has 2 aromatic rings. The van der Waals surface area contributed by atoms with Gasteiger partial charge in [-0.3, -0.25) is 9.59 Å². The van der Waals surface area contributed by atoms with Crippen molar-refractivity contribution in [3.05, 3.63) is 58.4 Å². The normalized spacial score (nSPS) is 16.3. The molecule has 0 radical (unpaired) electrons. The van der Waals surface area contributed by atoms with Gasteiger partial charge in [0.2, 0.25) is 10.0 Å². The zero-order valence-corrected chi connectivity index (χ0v) is 15.3. The Morgan fingerprint density at radius 1 is 1.00 bits per heavy atom. The molecule has 1 aromatic carbocycles. The maximum Gasteiger partial charge on any atom is 0.261 e. The van der Waals surface area contributed by atoms with Crippen LogP contribution in [0.15, 0.2) is 47.3 Å². The lowest BCUT2D eigenvalue weighted by Gasteiger charge is -2.20. The summed E-state index contributed by atoms with van der Waals surface area (Å²) in [5.74, 6) is -0.374. The van der Waals surface area contributed by atoms with Crippen LogP contribution in [0.4, 0.5) is 0 Å². The van der Waals surface area contributed by atoms with E-state index in [1.165, 1.54) is 15.3 Å². The molecule has 7 nitrogen and oxygen atoms in total. The van der Waals surface area contributed by atoms with E-state index >= 15 is 0 Å². The van der Waals surface area contributed by atoms with E-state index in [9.17, 15) is 18.0 Å². The molecule has 1 saturated heterocycles. The van der Waals surface area contributed by atoms with Gasteiger partial charge in [-0.2, -0.15) is 0 Å². The molecule has 1 aliphatic heterocycles.